The summed E-state index contributed by atoms with van der Waals surface area (Å²) >= 11 is 0. The van der Waals surface area contributed by atoms with Gasteiger partial charge in [0.25, 0.3) is 0 Å². The number of amides is 1. The Morgan fingerprint density at radius 2 is 2.18 bits per heavy atom. The molecule has 0 aromatic carbocycles. The second-order valence-corrected chi connectivity index (χ2v) is 2.98. The molecule has 0 saturated heterocycles. The number of rotatable bonds is 5. The van der Waals surface area contributed by atoms with Crippen LogP contribution in [-0.4, -0.2) is 31.6 Å². The van der Waals surface area contributed by atoms with E-state index < -0.39 is 0 Å². The van der Waals surface area contributed by atoms with E-state index in [1.54, 1.807) is 32.6 Å². The van der Waals surface area contributed by atoms with Gasteiger partial charge in [-0.15, -0.1) is 24.8 Å². The Kier molecular flexibility index (Phi) is 10.9. The maximum Gasteiger partial charge on any atom is 0.225 e. The second kappa shape index (κ2) is 10.1. The van der Waals surface area contributed by atoms with Crippen LogP contribution in [0.15, 0.2) is 18.5 Å². The van der Waals surface area contributed by atoms with E-state index in [-0.39, 0.29) is 30.7 Å². The number of carbonyl (C=O) groups is 1. The Morgan fingerprint density at radius 1 is 1.47 bits per heavy atom. The number of pyridine rings is 1. The van der Waals surface area contributed by atoms with Gasteiger partial charge < -0.3 is 15.4 Å². The van der Waals surface area contributed by atoms with E-state index in [9.17, 15) is 4.79 Å². The number of halogens is 2. The quantitative estimate of drug-likeness (QED) is 0.858. The van der Waals surface area contributed by atoms with Crippen LogP contribution >= 0.6 is 24.8 Å². The van der Waals surface area contributed by atoms with Crippen LogP contribution in [0.2, 0.25) is 0 Å². The van der Waals surface area contributed by atoms with Crippen LogP contribution in [0.1, 0.15) is 6.42 Å². The van der Waals surface area contributed by atoms with Gasteiger partial charge in [0.2, 0.25) is 5.91 Å². The van der Waals surface area contributed by atoms with Crippen LogP contribution in [0, 0.1) is 0 Å². The summed E-state index contributed by atoms with van der Waals surface area (Å²) in [7, 11) is 3.36. The normalized spacial score (nSPS) is 8.59. The van der Waals surface area contributed by atoms with Crippen molar-refractivity contribution >= 4 is 36.4 Å². The summed E-state index contributed by atoms with van der Waals surface area (Å²) < 4.78 is 5.08. The minimum absolute atomic E-state index is 0. The highest BCUT2D eigenvalue weighted by Gasteiger charge is 2.06. The molecule has 0 unspecified atom stereocenters. The third-order valence-electron chi connectivity index (χ3n) is 1.88. The molecule has 1 amide bonds. The maximum absolute atomic E-state index is 11.4. The molecule has 1 aromatic rings. The molecule has 0 radical (unpaired) electrons. The molecule has 7 heteroatoms. The first-order valence-corrected chi connectivity index (χ1v) is 4.70. The topological polar surface area (TPSA) is 63.2 Å². The van der Waals surface area contributed by atoms with Gasteiger partial charge in [0.05, 0.1) is 13.3 Å². The molecule has 0 spiro atoms. The molecule has 0 aliphatic rings. The lowest BCUT2D eigenvalue weighted by Gasteiger charge is -2.08. The summed E-state index contributed by atoms with van der Waals surface area (Å²) in [6.07, 6.45) is 3.60. The van der Waals surface area contributed by atoms with Crippen molar-refractivity contribution in [2.75, 3.05) is 26.0 Å². The lowest BCUT2D eigenvalue weighted by Crippen LogP contribution is -2.19. The first-order chi connectivity index (χ1) is 7.27. The maximum atomic E-state index is 11.4. The summed E-state index contributed by atoms with van der Waals surface area (Å²) in [5.74, 6) is 0.554. The molecule has 2 N–H and O–H groups in total. The van der Waals surface area contributed by atoms with Crippen molar-refractivity contribution in [1.29, 1.82) is 0 Å². The molecule has 5 nitrogen and oxygen atoms in total. The fourth-order valence-corrected chi connectivity index (χ4v) is 1.10. The Balaban J connectivity index is 0. The Hall–Kier alpha value is -1.04. The number of ether oxygens (including phenoxy) is 1. The molecular weight excluding hydrogens is 265 g/mol. The van der Waals surface area contributed by atoms with Gasteiger partial charge in [-0.05, 0) is 7.05 Å². The first-order valence-electron chi connectivity index (χ1n) is 4.70. The van der Waals surface area contributed by atoms with Crippen LogP contribution in [0.5, 0.6) is 5.75 Å². The summed E-state index contributed by atoms with van der Waals surface area (Å²) in [4.78, 5) is 15.3. The van der Waals surface area contributed by atoms with Crippen LogP contribution in [-0.2, 0) is 4.79 Å². The zero-order chi connectivity index (χ0) is 11.1. The van der Waals surface area contributed by atoms with Crippen LogP contribution in [0.4, 0.5) is 5.69 Å². The lowest BCUT2D eigenvalue weighted by molar-refractivity contribution is -0.116. The molecule has 17 heavy (non-hydrogen) atoms. The van der Waals surface area contributed by atoms with Gasteiger partial charge in [-0.25, -0.2) is 0 Å². The minimum atomic E-state index is -0.0596. The average molecular weight is 282 g/mol. The highest BCUT2D eigenvalue weighted by atomic mass is 35.5. The minimum Gasteiger partial charge on any atom is -0.494 e. The van der Waals surface area contributed by atoms with Crippen LogP contribution in [0.25, 0.3) is 0 Å². The summed E-state index contributed by atoms with van der Waals surface area (Å²) in [5, 5.41) is 5.64. The van der Waals surface area contributed by atoms with Crippen molar-refractivity contribution in [2.45, 2.75) is 6.42 Å². The molecule has 0 aliphatic heterocycles. The SMILES string of the molecule is CNCCC(=O)Nc1cnccc1OC.Cl.Cl. The number of nitrogens with zero attached hydrogens (tertiary/aromatic N) is 1. The van der Waals surface area contributed by atoms with Gasteiger partial charge in [-0.3, -0.25) is 9.78 Å². The zero-order valence-electron chi connectivity index (χ0n) is 9.73. The van der Waals surface area contributed by atoms with Crippen LogP contribution < -0.4 is 15.4 Å². The monoisotopic (exact) mass is 281 g/mol. The summed E-state index contributed by atoms with van der Waals surface area (Å²) in [5.41, 5.74) is 0.598. The molecule has 0 saturated carbocycles. The standard InChI is InChI=1S/C10H15N3O2.2ClH/c1-11-5-4-10(14)13-8-7-12-6-3-9(8)15-2;;/h3,6-7,11H,4-5H2,1-2H3,(H,13,14);2*1H. The number of hydrogen-bond donors (Lipinski definition) is 2. The number of carbonyl (C=O) groups excluding carboxylic acids is 1. The summed E-state index contributed by atoms with van der Waals surface area (Å²) in [6, 6.07) is 1.70. The molecule has 1 rings (SSSR count). The molecule has 98 valence electrons. The number of hydrogen-bond acceptors (Lipinski definition) is 4. The van der Waals surface area contributed by atoms with Gasteiger partial charge in [0.1, 0.15) is 11.4 Å². The van der Waals surface area contributed by atoms with E-state index in [2.05, 4.69) is 15.6 Å². The number of nitrogens with one attached hydrogen (secondary N) is 2. The Labute approximate surface area is 113 Å². The van der Waals surface area contributed by atoms with Gasteiger partial charge in [-0.2, -0.15) is 0 Å². The zero-order valence-corrected chi connectivity index (χ0v) is 11.4. The Bertz CT molecular complexity index is 337. The van der Waals surface area contributed by atoms with Crippen molar-refractivity contribution in [1.82, 2.24) is 10.3 Å². The van der Waals surface area contributed by atoms with Gasteiger partial charge in [0, 0.05) is 25.2 Å². The fourth-order valence-electron chi connectivity index (χ4n) is 1.10. The predicted octanol–water partition coefficient (Wildman–Crippen LogP) is 1.48. The first kappa shape index (κ1) is 18.3. The third-order valence-corrected chi connectivity index (χ3v) is 1.88. The molecule has 0 fully saturated rings. The largest absolute Gasteiger partial charge is 0.494 e. The second-order valence-electron chi connectivity index (χ2n) is 2.98. The van der Waals surface area contributed by atoms with E-state index in [0.29, 0.717) is 24.4 Å². The third kappa shape index (κ3) is 6.31. The van der Waals surface area contributed by atoms with E-state index >= 15 is 0 Å². The highest BCUT2D eigenvalue weighted by Crippen LogP contribution is 2.21. The lowest BCUT2D eigenvalue weighted by atomic mass is 10.3. The smallest absolute Gasteiger partial charge is 0.225 e. The van der Waals surface area contributed by atoms with Gasteiger partial charge in [-0.1, -0.05) is 0 Å². The Morgan fingerprint density at radius 3 is 2.76 bits per heavy atom. The van der Waals surface area contributed by atoms with Crippen LogP contribution in [0.3, 0.4) is 0 Å². The fraction of sp³-hybridized carbons (Fsp3) is 0.400. The molecular formula is C10H17Cl2N3O2. The molecule has 0 aliphatic carbocycles. The van der Waals surface area contributed by atoms with Crippen molar-refractivity contribution in [3.63, 3.8) is 0 Å². The van der Waals surface area contributed by atoms with Crippen molar-refractivity contribution in [3.05, 3.63) is 18.5 Å². The highest BCUT2D eigenvalue weighted by molar-refractivity contribution is 5.92. The summed E-state index contributed by atoms with van der Waals surface area (Å²) in [6.45, 7) is 0.647. The van der Waals surface area contributed by atoms with E-state index in [0.717, 1.165) is 0 Å². The number of methoxy groups -OCH3 is 1. The molecule has 0 atom stereocenters. The van der Waals surface area contributed by atoms with Gasteiger partial charge >= 0.3 is 0 Å². The van der Waals surface area contributed by atoms with Crippen molar-refractivity contribution < 1.29 is 9.53 Å². The van der Waals surface area contributed by atoms with E-state index in [1.165, 1.54) is 0 Å². The molecule has 1 heterocycles. The predicted molar refractivity (Wildman–Crippen MR) is 72.5 cm³/mol. The van der Waals surface area contributed by atoms with Crippen molar-refractivity contribution in [2.24, 2.45) is 0 Å². The van der Waals surface area contributed by atoms with Crippen molar-refractivity contribution in [3.8, 4) is 5.75 Å². The van der Waals surface area contributed by atoms with Gasteiger partial charge in [0.15, 0.2) is 0 Å². The average Bonchev–Trinajstić information content (AvgIpc) is 2.27. The van der Waals surface area contributed by atoms with E-state index in [4.69, 9.17) is 4.74 Å². The number of anilines is 1. The molecule has 0 bridgehead atoms. The van der Waals surface area contributed by atoms with E-state index in [1.807, 2.05) is 0 Å². The molecule has 1 aromatic heterocycles. The number of aromatic nitrogens is 1.